The van der Waals surface area contributed by atoms with E-state index in [0.717, 1.165) is 0 Å². The maximum Gasteiger partial charge on any atom is 0.269 e. The number of aromatic hydroxyl groups is 1. The predicted molar refractivity (Wildman–Crippen MR) is 111 cm³/mol. The first-order valence-corrected chi connectivity index (χ1v) is 9.79. The van der Waals surface area contributed by atoms with Crippen LogP contribution in [0.15, 0.2) is 59.8 Å². The number of rotatable bonds is 3. The molecule has 1 aliphatic carbocycles. The molecular weight excluding hydrogens is 384 g/mol. The van der Waals surface area contributed by atoms with E-state index in [4.69, 9.17) is 0 Å². The maximum absolute atomic E-state index is 13.2. The van der Waals surface area contributed by atoms with Crippen molar-refractivity contribution in [3.63, 3.8) is 0 Å². The number of amides is 1. The molecule has 1 atom stereocenters. The largest absolute Gasteiger partial charge is 0.506 e. The van der Waals surface area contributed by atoms with Crippen LogP contribution < -0.4 is 4.90 Å². The van der Waals surface area contributed by atoms with Crippen LogP contribution in [-0.4, -0.2) is 21.7 Å². The van der Waals surface area contributed by atoms with E-state index in [9.17, 15) is 24.8 Å². The third-order valence-electron chi connectivity index (χ3n) is 5.77. The maximum atomic E-state index is 13.2. The van der Waals surface area contributed by atoms with Crippen molar-refractivity contribution in [2.75, 3.05) is 4.90 Å². The predicted octanol–water partition coefficient (Wildman–Crippen LogP) is 4.46. The standard InChI is InChI=1S/C23H22N2O5/c1-23(2)12-18-22(20(27)13-23)16(14-7-9-15(10-8-14)25(29)30)11-21(28)24(18)17-5-3-4-6-19(17)26/h3-10,16,26H,11-13H2,1-2H3. The number of ketones is 1. The molecule has 154 valence electrons. The Kier molecular flexibility index (Phi) is 4.68. The van der Waals surface area contributed by atoms with Gasteiger partial charge >= 0.3 is 0 Å². The Morgan fingerprint density at radius 1 is 1.07 bits per heavy atom. The van der Waals surface area contributed by atoms with Crippen LogP contribution in [0, 0.1) is 15.5 Å². The highest BCUT2D eigenvalue weighted by Gasteiger charge is 2.44. The number of carbonyl (C=O) groups is 2. The van der Waals surface area contributed by atoms with E-state index in [1.165, 1.54) is 23.1 Å². The van der Waals surface area contributed by atoms with Gasteiger partial charge in [-0.05, 0) is 29.5 Å². The van der Waals surface area contributed by atoms with Gasteiger partial charge < -0.3 is 5.11 Å². The van der Waals surface area contributed by atoms with Crippen LogP contribution >= 0.6 is 0 Å². The summed E-state index contributed by atoms with van der Waals surface area (Å²) in [5, 5.41) is 21.3. The average molecular weight is 406 g/mol. The molecule has 1 heterocycles. The van der Waals surface area contributed by atoms with Crippen molar-refractivity contribution in [2.24, 2.45) is 5.41 Å². The minimum Gasteiger partial charge on any atom is -0.506 e. The van der Waals surface area contributed by atoms with Crippen molar-refractivity contribution in [1.29, 1.82) is 0 Å². The zero-order valence-corrected chi connectivity index (χ0v) is 16.8. The van der Waals surface area contributed by atoms with Crippen LogP contribution in [0.2, 0.25) is 0 Å². The summed E-state index contributed by atoms with van der Waals surface area (Å²) in [5.74, 6) is -0.733. The van der Waals surface area contributed by atoms with E-state index in [-0.39, 0.29) is 35.0 Å². The van der Waals surface area contributed by atoms with Crippen LogP contribution in [0.1, 0.15) is 44.6 Å². The number of allylic oxidation sites excluding steroid dienone is 2. The van der Waals surface area contributed by atoms with Gasteiger partial charge in [0.15, 0.2) is 5.78 Å². The number of nitro groups is 1. The topological polar surface area (TPSA) is 101 Å². The molecular formula is C23H22N2O5. The molecule has 7 heteroatoms. The number of phenolic OH excluding ortho intramolecular Hbond substituents is 1. The number of nitrogens with zero attached hydrogens (tertiary/aromatic N) is 2. The average Bonchev–Trinajstić information content (AvgIpc) is 2.67. The lowest BCUT2D eigenvalue weighted by Crippen LogP contribution is -2.43. The van der Waals surface area contributed by atoms with E-state index < -0.39 is 10.8 Å². The van der Waals surface area contributed by atoms with Crippen molar-refractivity contribution in [3.8, 4) is 5.75 Å². The summed E-state index contributed by atoms with van der Waals surface area (Å²) in [6, 6.07) is 12.6. The van der Waals surface area contributed by atoms with E-state index >= 15 is 0 Å². The summed E-state index contributed by atoms with van der Waals surface area (Å²) in [5.41, 5.74) is 1.87. The van der Waals surface area contributed by atoms with Crippen LogP contribution in [0.3, 0.4) is 0 Å². The molecule has 0 saturated heterocycles. The van der Waals surface area contributed by atoms with Crippen LogP contribution in [0.25, 0.3) is 0 Å². The number of anilines is 1. The Hall–Kier alpha value is -3.48. The van der Waals surface area contributed by atoms with Gasteiger partial charge in [-0.2, -0.15) is 0 Å². The number of phenols is 1. The fourth-order valence-electron chi connectivity index (χ4n) is 4.46. The normalized spacial score (nSPS) is 20.9. The van der Waals surface area contributed by atoms with Gasteiger partial charge in [0.2, 0.25) is 5.91 Å². The van der Waals surface area contributed by atoms with Gasteiger partial charge in [0.05, 0.1) is 10.6 Å². The Balaban J connectivity index is 1.88. The molecule has 0 radical (unpaired) electrons. The van der Waals surface area contributed by atoms with Crippen LogP contribution in [0.4, 0.5) is 11.4 Å². The van der Waals surface area contributed by atoms with Gasteiger partial charge in [0, 0.05) is 42.2 Å². The highest BCUT2D eigenvalue weighted by atomic mass is 16.6. The molecule has 1 amide bonds. The molecule has 1 unspecified atom stereocenters. The SMILES string of the molecule is CC1(C)CC(=O)C2=C(C1)N(c1ccccc1O)C(=O)CC2c1ccc([N+](=O)[O-])cc1. The second kappa shape index (κ2) is 7.09. The molecule has 0 fully saturated rings. The van der Waals surface area contributed by atoms with Gasteiger partial charge in [-0.15, -0.1) is 0 Å². The van der Waals surface area contributed by atoms with Gasteiger partial charge in [-0.1, -0.05) is 38.1 Å². The summed E-state index contributed by atoms with van der Waals surface area (Å²) in [4.78, 5) is 38.4. The molecule has 7 nitrogen and oxygen atoms in total. The Bertz CT molecular complexity index is 1090. The third kappa shape index (κ3) is 3.36. The molecule has 30 heavy (non-hydrogen) atoms. The van der Waals surface area contributed by atoms with E-state index in [0.29, 0.717) is 35.4 Å². The number of hydrogen-bond acceptors (Lipinski definition) is 5. The minimum atomic E-state index is -0.477. The summed E-state index contributed by atoms with van der Waals surface area (Å²) in [6.07, 6.45) is 0.924. The van der Waals surface area contributed by atoms with Crippen LogP contribution in [0.5, 0.6) is 5.75 Å². The molecule has 0 saturated carbocycles. The van der Waals surface area contributed by atoms with Gasteiger partial charge in [-0.25, -0.2) is 0 Å². The van der Waals surface area contributed by atoms with Crippen molar-refractivity contribution in [1.82, 2.24) is 0 Å². The molecule has 2 aliphatic rings. The molecule has 0 aromatic heterocycles. The zero-order valence-electron chi connectivity index (χ0n) is 16.8. The summed E-state index contributed by atoms with van der Waals surface area (Å²) >= 11 is 0. The summed E-state index contributed by atoms with van der Waals surface area (Å²) < 4.78 is 0. The molecule has 1 N–H and O–H groups in total. The first-order valence-electron chi connectivity index (χ1n) is 9.79. The Morgan fingerprint density at radius 3 is 2.37 bits per heavy atom. The lowest BCUT2D eigenvalue weighted by Gasteiger charge is -2.43. The van der Waals surface area contributed by atoms with Crippen molar-refractivity contribution >= 4 is 23.1 Å². The van der Waals surface area contributed by atoms with E-state index in [1.807, 2.05) is 13.8 Å². The summed E-state index contributed by atoms with van der Waals surface area (Å²) in [7, 11) is 0. The Morgan fingerprint density at radius 2 is 1.73 bits per heavy atom. The lowest BCUT2D eigenvalue weighted by molar-refractivity contribution is -0.384. The van der Waals surface area contributed by atoms with Gasteiger partial charge in [-0.3, -0.25) is 24.6 Å². The van der Waals surface area contributed by atoms with Crippen LogP contribution in [-0.2, 0) is 9.59 Å². The number of benzene rings is 2. The number of non-ortho nitro benzene ring substituents is 1. The second-order valence-corrected chi connectivity index (χ2v) is 8.62. The lowest BCUT2D eigenvalue weighted by atomic mass is 9.69. The molecule has 0 bridgehead atoms. The van der Waals surface area contributed by atoms with Gasteiger partial charge in [0.1, 0.15) is 5.75 Å². The van der Waals surface area contributed by atoms with Crippen molar-refractivity contribution in [3.05, 3.63) is 75.5 Å². The van der Waals surface area contributed by atoms with E-state index in [2.05, 4.69) is 0 Å². The first kappa shape index (κ1) is 19.8. The summed E-state index contributed by atoms with van der Waals surface area (Å²) in [6.45, 7) is 3.97. The fraction of sp³-hybridized carbons (Fsp3) is 0.304. The highest BCUT2D eigenvalue weighted by molar-refractivity contribution is 6.08. The minimum absolute atomic E-state index is 0.0256. The van der Waals surface area contributed by atoms with E-state index in [1.54, 1.807) is 30.3 Å². The number of Topliss-reactive ketones (excluding diaryl/α,β-unsaturated/α-hetero) is 1. The monoisotopic (exact) mass is 406 g/mol. The quantitative estimate of drug-likeness (QED) is 0.599. The Labute approximate surface area is 173 Å². The molecule has 1 aliphatic heterocycles. The molecule has 0 spiro atoms. The van der Waals surface area contributed by atoms with Gasteiger partial charge in [0.25, 0.3) is 5.69 Å². The second-order valence-electron chi connectivity index (χ2n) is 8.62. The zero-order chi connectivity index (χ0) is 21.6. The number of para-hydroxylation sites is 2. The number of nitro benzene ring substituents is 1. The third-order valence-corrected chi connectivity index (χ3v) is 5.77. The smallest absolute Gasteiger partial charge is 0.269 e. The highest BCUT2D eigenvalue weighted by Crippen LogP contribution is 2.49. The molecule has 4 rings (SSSR count). The molecule has 2 aromatic rings. The first-order chi connectivity index (χ1) is 14.2. The fourth-order valence-corrected chi connectivity index (χ4v) is 4.46. The number of carbonyl (C=O) groups excluding carboxylic acids is 2. The van der Waals surface area contributed by atoms with Crippen molar-refractivity contribution < 1.29 is 19.6 Å². The molecule has 2 aromatic carbocycles. The number of hydrogen-bond donors (Lipinski definition) is 1. The van der Waals surface area contributed by atoms with Crippen molar-refractivity contribution in [2.45, 2.75) is 39.0 Å².